The van der Waals surface area contributed by atoms with Gasteiger partial charge in [0.2, 0.25) is 15.9 Å². The van der Waals surface area contributed by atoms with Gasteiger partial charge in [-0.2, -0.15) is 4.31 Å². The van der Waals surface area contributed by atoms with Crippen molar-refractivity contribution in [1.82, 2.24) is 14.6 Å². The molecule has 1 aromatic heterocycles. The number of rotatable bonds is 11. The third-order valence-electron chi connectivity index (χ3n) is 8.23. The summed E-state index contributed by atoms with van der Waals surface area (Å²) in [6, 6.07) is 19.0. The van der Waals surface area contributed by atoms with Crippen LogP contribution in [0.2, 0.25) is 5.02 Å². The largest absolute Gasteiger partial charge is 0.324 e. The lowest BCUT2D eigenvalue weighted by molar-refractivity contribution is -0.117. The summed E-state index contributed by atoms with van der Waals surface area (Å²) in [7, 11) is -3.74. The lowest BCUT2D eigenvalue weighted by Crippen LogP contribution is -2.58. The van der Waals surface area contributed by atoms with Gasteiger partial charge in [0.25, 0.3) is 0 Å². The molecule has 1 amide bonds. The molecule has 8 nitrogen and oxygen atoms in total. The van der Waals surface area contributed by atoms with Crippen molar-refractivity contribution in [3.63, 3.8) is 0 Å². The number of benzene rings is 3. The second-order valence-corrected chi connectivity index (χ2v) is 13.7. The molecule has 46 heavy (non-hydrogen) atoms. The minimum absolute atomic E-state index is 0.231. The topological polar surface area (TPSA) is 117 Å². The third-order valence-corrected chi connectivity index (χ3v) is 10.5. The number of carbonyl (C=O) groups excluding carboxylic acids is 1. The van der Waals surface area contributed by atoms with Gasteiger partial charge in [-0.05, 0) is 79.8 Å². The van der Waals surface area contributed by atoms with Gasteiger partial charge in [-0.25, -0.2) is 17.2 Å². The van der Waals surface area contributed by atoms with Crippen LogP contribution in [0.15, 0.2) is 96.2 Å². The van der Waals surface area contributed by atoms with Crippen molar-refractivity contribution in [2.75, 3.05) is 18.4 Å². The summed E-state index contributed by atoms with van der Waals surface area (Å²) in [4.78, 5) is 17.8. The van der Waals surface area contributed by atoms with E-state index in [1.807, 2.05) is 6.92 Å². The first kappa shape index (κ1) is 33.6. The van der Waals surface area contributed by atoms with Crippen LogP contribution in [0.4, 0.5) is 14.5 Å². The Morgan fingerprint density at radius 2 is 1.80 bits per heavy atom. The highest BCUT2D eigenvalue weighted by molar-refractivity contribution is 7.89. The summed E-state index contributed by atoms with van der Waals surface area (Å²) in [6.45, 7) is 2.85. The number of nitrogens with two attached hydrogens (primary N) is 1. The number of aromatic nitrogens is 1. The molecule has 0 radical (unpaired) electrons. The van der Waals surface area contributed by atoms with Crippen LogP contribution in [0, 0.1) is 11.6 Å². The highest BCUT2D eigenvalue weighted by Crippen LogP contribution is 2.31. The van der Waals surface area contributed by atoms with Gasteiger partial charge in [-0.1, -0.05) is 48.0 Å². The Morgan fingerprint density at radius 3 is 2.54 bits per heavy atom. The maximum Gasteiger partial charge on any atom is 0.243 e. The monoisotopic (exact) mass is 667 g/mol. The highest BCUT2D eigenvalue weighted by atomic mass is 35.5. The minimum Gasteiger partial charge on any atom is -0.324 e. The second kappa shape index (κ2) is 14.8. The van der Waals surface area contributed by atoms with E-state index in [0.29, 0.717) is 42.1 Å². The van der Waals surface area contributed by atoms with Crippen LogP contribution < -0.4 is 16.4 Å². The zero-order valence-electron chi connectivity index (χ0n) is 25.2. The predicted molar refractivity (Wildman–Crippen MR) is 175 cm³/mol. The smallest absolute Gasteiger partial charge is 0.243 e. The average molecular weight is 668 g/mol. The molecule has 3 aromatic carbocycles. The molecule has 0 aliphatic carbocycles. The van der Waals surface area contributed by atoms with Crippen molar-refractivity contribution in [2.45, 2.75) is 55.1 Å². The molecule has 4 aromatic rings. The minimum atomic E-state index is -3.74. The number of hydrogen-bond donors (Lipinski definition) is 3. The molecule has 2 heterocycles. The average Bonchev–Trinajstić information content (AvgIpc) is 3.03. The first-order chi connectivity index (χ1) is 22.1. The number of anilines is 1. The number of hydrogen-bond acceptors (Lipinski definition) is 6. The molecule has 242 valence electrons. The Kier molecular flexibility index (Phi) is 10.8. The molecule has 1 aliphatic heterocycles. The standard InChI is InChI=1S/C34H36ClF2N5O3S/c1-22-18-39-21-27(42(22)46(44,45)28-11-3-2-4-12-28)10-6-13-29-30(37)14-7-15-31(29)41-34(43)33(38)32(23-8-5-9-25(35)16-23)24-17-26(36)20-40-19-24/h2-5,7-9,11-12,14-17,19-20,22,27,32-33,39H,6,10,13,18,21,38H2,1H3,(H,41,43)/t22-,27+,32+,33+/m1/s1. The molecule has 1 aliphatic rings. The van der Waals surface area contributed by atoms with Crippen molar-refractivity contribution in [3.8, 4) is 0 Å². The molecule has 0 spiro atoms. The summed E-state index contributed by atoms with van der Waals surface area (Å²) in [5.74, 6) is -2.48. The summed E-state index contributed by atoms with van der Waals surface area (Å²) >= 11 is 6.22. The van der Waals surface area contributed by atoms with Gasteiger partial charge in [-0.15, -0.1) is 0 Å². The first-order valence-corrected chi connectivity index (χ1v) is 16.9. The molecule has 0 bridgehead atoms. The maximum atomic E-state index is 15.2. The molecule has 0 saturated carbocycles. The van der Waals surface area contributed by atoms with Crippen LogP contribution in [-0.4, -0.2) is 54.8 Å². The van der Waals surface area contributed by atoms with Crippen LogP contribution in [0.5, 0.6) is 0 Å². The zero-order chi connectivity index (χ0) is 32.8. The highest BCUT2D eigenvalue weighted by Gasteiger charge is 2.37. The normalized spacial score (nSPS) is 18.5. The lowest BCUT2D eigenvalue weighted by atomic mass is 9.85. The number of piperazine rings is 1. The SMILES string of the molecule is C[C@@H]1CNC[C@H](CCCc2c(F)cccc2NC(=O)[C@@H](N)[C@H](c2cncc(F)c2)c2cccc(Cl)c2)N1S(=O)(=O)c1ccccc1. The lowest BCUT2D eigenvalue weighted by Gasteiger charge is -2.40. The molecular formula is C34H36ClF2N5O3S. The molecule has 4 atom stereocenters. The van der Waals surface area contributed by atoms with Crippen LogP contribution in [0.3, 0.4) is 0 Å². The number of nitrogens with one attached hydrogen (secondary N) is 2. The van der Waals surface area contributed by atoms with E-state index in [1.165, 1.54) is 24.4 Å². The Bertz CT molecular complexity index is 1730. The number of sulfonamides is 1. The van der Waals surface area contributed by atoms with E-state index < -0.39 is 39.5 Å². The van der Waals surface area contributed by atoms with Crippen molar-refractivity contribution in [3.05, 3.63) is 125 Å². The Balaban J connectivity index is 1.33. The van der Waals surface area contributed by atoms with Gasteiger partial charge in [0.05, 0.1) is 17.1 Å². The summed E-state index contributed by atoms with van der Waals surface area (Å²) in [5, 5.41) is 6.51. The molecule has 5 rings (SSSR count). The van der Waals surface area contributed by atoms with E-state index in [-0.39, 0.29) is 34.7 Å². The molecule has 0 unspecified atom stereocenters. The number of amides is 1. The van der Waals surface area contributed by atoms with Gasteiger partial charge < -0.3 is 16.4 Å². The fourth-order valence-corrected chi connectivity index (χ4v) is 8.16. The van der Waals surface area contributed by atoms with Crippen LogP contribution in [0.1, 0.15) is 42.4 Å². The summed E-state index contributed by atoms with van der Waals surface area (Å²) < 4.78 is 58.1. The van der Waals surface area contributed by atoms with Crippen LogP contribution in [-0.2, 0) is 21.2 Å². The van der Waals surface area contributed by atoms with Crippen LogP contribution in [0.25, 0.3) is 0 Å². The van der Waals surface area contributed by atoms with Crippen molar-refractivity contribution in [1.29, 1.82) is 0 Å². The Morgan fingerprint density at radius 1 is 1.04 bits per heavy atom. The summed E-state index contributed by atoms with van der Waals surface area (Å²) in [6.07, 6.45) is 3.66. The van der Waals surface area contributed by atoms with Crippen molar-refractivity contribution in [2.24, 2.45) is 5.73 Å². The van der Waals surface area contributed by atoms with Gasteiger partial charge in [0.15, 0.2) is 0 Å². The van der Waals surface area contributed by atoms with E-state index in [9.17, 15) is 17.6 Å². The van der Waals surface area contributed by atoms with E-state index in [4.69, 9.17) is 17.3 Å². The van der Waals surface area contributed by atoms with Crippen molar-refractivity contribution < 1.29 is 22.0 Å². The van der Waals surface area contributed by atoms with E-state index >= 15 is 4.39 Å². The van der Waals surface area contributed by atoms with Gasteiger partial charge in [-0.3, -0.25) is 9.78 Å². The quantitative estimate of drug-likeness (QED) is 0.195. The number of nitrogens with zero attached hydrogens (tertiary/aromatic N) is 2. The second-order valence-electron chi connectivity index (χ2n) is 11.5. The van der Waals surface area contributed by atoms with E-state index in [0.717, 1.165) is 6.20 Å². The molecule has 1 fully saturated rings. The Hall–Kier alpha value is -3.74. The molecule has 1 saturated heterocycles. The molecular weight excluding hydrogens is 632 g/mol. The fourth-order valence-electron chi connectivity index (χ4n) is 6.09. The number of carbonyl (C=O) groups is 1. The Labute approximate surface area is 273 Å². The van der Waals surface area contributed by atoms with E-state index in [2.05, 4.69) is 15.6 Å². The zero-order valence-corrected chi connectivity index (χ0v) is 26.8. The fraction of sp³-hybridized carbons (Fsp3) is 0.294. The van der Waals surface area contributed by atoms with Gasteiger partial charge >= 0.3 is 0 Å². The number of pyridine rings is 1. The van der Waals surface area contributed by atoms with Crippen LogP contribution >= 0.6 is 11.6 Å². The van der Waals surface area contributed by atoms with E-state index in [1.54, 1.807) is 65.0 Å². The van der Waals surface area contributed by atoms with Gasteiger partial charge in [0.1, 0.15) is 11.6 Å². The van der Waals surface area contributed by atoms with Gasteiger partial charge in [0, 0.05) is 53.6 Å². The molecule has 12 heteroatoms. The predicted octanol–water partition coefficient (Wildman–Crippen LogP) is 5.49. The maximum absolute atomic E-state index is 15.2. The van der Waals surface area contributed by atoms with Crippen molar-refractivity contribution >= 4 is 33.2 Å². The summed E-state index contributed by atoms with van der Waals surface area (Å²) in [5.41, 5.74) is 8.02. The first-order valence-electron chi connectivity index (χ1n) is 15.1. The molecule has 4 N–H and O–H groups in total. The third kappa shape index (κ3) is 7.62. The number of halogens is 3.